The van der Waals surface area contributed by atoms with Crippen LogP contribution in [-0.4, -0.2) is 51.3 Å². The fraction of sp³-hybridized carbons (Fsp3) is 0.350. The van der Waals surface area contributed by atoms with Crippen molar-refractivity contribution in [2.24, 2.45) is 4.99 Å². The molecule has 0 amide bonds. The molecule has 7 heteroatoms. The predicted molar refractivity (Wildman–Crippen MR) is 119 cm³/mol. The van der Waals surface area contributed by atoms with Gasteiger partial charge >= 0.3 is 0 Å². The number of hydrogen-bond acceptors (Lipinski definition) is 4. The molecular formula is C20H28IN3O3. The van der Waals surface area contributed by atoms with Crippen molar-refractivity contribution in [3.8, 4) is 11.5 Å². The molecule has 0 fully saturated rings. The number of methoxy groups -OCH3 is 1. The van der Waals surface area contributed by atoms with Crippen molar-refractivity contribution >= 4 is 29.9 Å². The minimum absolute atomic E-state index is 0. The lowest BCUT2D eigenvalue weighted by Gasteiger charge is -2.22. The molecule has 1 heterocycles. The van der Waals surface area contributed by atoms with E-state index in [2.05, 4.69) is 16.9 Å². The molecule has 2 aromatic rings. The molecule has 27 heavy (non-hydrogen) atoms. The second-order valence-electron chi connectivity index (χ2n) is 5.65. The van der Waals surface area contributed by atoms with Crippen LogP contribution in [0.4, 0.5) is 0 Å². The molecule has 0 aliphatic heterocycles. The molecule has 1 aromatic carbocycles. The van der Waals surface area contributed by atoms with Crippen molar-refractivity contribution in [2.75, 3.05) is 40.4 Å². The summed E-state index contributed by atoms with van der Waals surface area (Å²) in [6.45, 7) is 6.30. The first kappa shape index (κ1) is 22.9. The Balaban J connectivity index is 0.00000364. The van der Waals surface area contributed by atoms with E-state index in [4.69, 9.17) is 13.9 Å². The minimum Gasteiger partial charge on any atom is -0.497 e. The normalized spacial score (nSPS) is 10.7. The molecular weight excluding hydrogens is 457 g/mol. The lowest BCUT2D eigenvalue weighted by atomic mass is 10.3. The van der Waals surface area contributed by atoms with Crippen LogP contribution < -0.4 is 14.8 Å². The third-order valence-corrected chi connectivity index (χ3v) is 3.72. The summed E-state index contributed by atoms with van der Waals surface area (Å²) >= 11 is 0. The van der Waals surface area contributed by atoms with Gasteiger partial charge in [0.2, 0.25) is 0 Å². The number of ether oxygens (including phenoxy) is 2. The van der Waals surface area contributed by atoms with Gasteiger partial charge in [-0.25, -0.2) is 0 Å². The van der Waals surface area contributed by atoms with E-state index in [1.54, 1.807) is 13.4 Å². The van der Waals surface area contributed by atoms with Gasteiger partial charge in [-0.2, -0.15) is 0 Å². The summed E-state index contributed by atoms with van der Waals surface area (Å²) in [6, 6.07) is 11.4. The fourth-order valence-electron chi connectivity index (χ4n) is 2.28. The second-order valence-corrected chi connectivity index (χ2v) is 5.65. The number of guanidine groups is 1. The van der Waals surface area contributed by atoms with E-state index in [9.17, 15) is 0 Å². The maximum Gasteiger partial charge on any atom is 0.194 e. The van der Waals surface area contributed by atoms with Crippen LogP contribution >= 0.6 is 24.0 Å². The van der Waals surface area contributed by atoms with E-state index in [1.807, 2.05) is 54.4 Å². The van der Waals surface area contributed by atoms with Crippen molar-refractivity contribution in [2.45, 2.75) is 6.42 Å². The SMILES string of the molecule is C=CCNC(=NCCc1ccco1)N(C)CCOc1ccc(OC)cc1.I. The molecule has 1 aromatic heterocycles. The number of nitrogens with zero attached hydrogens (tertiary/aromatic N) is 2. The average Bonchev–Trinajstić information content (AvgIpc) is 3.18. The average molecular weight is 485 g/mol. The molecule has 0 saturated carbocycles. The topological polar surface area (TPSA) is 59.2 Å². The molecule has 0 saturated heterocycles. The zero-order chi connectivity index (χ0) is 18.6. The van der Waals surface area contributed by atoms with Crippen LogP contribution in [0, 0.1) is 0 Å². The van der Waals surface area contributed by atoms with Gasteiger partial charge in [0.1, 0.15) is 23.9 Å². The summed E-state index contributed by atoms with van der Waals surface area (Å²) in [6.07, 6.45) is 4.25. The number of aliphatic imine (C=N–C) groups is 1. The molecule has 6 nitrogen and oxygen atoms in total. The Morgan fingerprint density at radius 1 is 1.26 bits per heavy atom. The zero-order valence-corrected chi connectivity index (χ0v) is 18.2. The monoisotopic (exact) mass is 485 g/mol. The van der Waals surface area contributed by atoms with Crippen molar-refractivity contribution in [1.29, 1.82) is 0 Å². The molecule has 0 aliphatic rings. The van der Waals surface area contributed by atoms with Crippen LogP contribution in [0.2, 0.25) is 0 Å². The molecule has 1 N–H and O–H groups in total. The number of rotatable bonds is 10. The van der Waals surface area contributed by atoms with Crippen molar-refractivity contribution in [3.05, 3.63) is 61.1 Å². The van der Waals surface area contributed by atoms with Gasteiger partial charge in [-0.15, -0.1) is 30.6 Å². The molecule has 0 radical (unpaired) electrons. The first-order valence-corrected chi connectivity index (χ1v) is 8.62. The van der Waals surface area contributed by atoms with Crippen molar-refractivity contribution in [3.63, 3.8) is 0 Å². The first-order valence-electron chi connectivity index (χ1n) is 8.62. The quantitative estimate of drug-likeness (QED) is 0.241. The molecule has 0 aliphatic carbocycles. The third-order valence-electron chi connectivity index (χ3n) is 3.72. The standard InChI is InChI=1S/C20H27N3O3.HI/c1-4-12-21-20(22-13-11-18-6-5-15-25-18)23(2)14-16-26-19-9-7-17(24-3)8-10-19;/h4-10,15H,1,11-14,16H2,2-3H3,(H,21,22);1H. The molecule has 0 atom stereocenters. The number of furan rings is 1. The number of nitrogens with one attached hydrogen (secondary N) is 1. The molecule has 2 rings (SSSR count). The highest BCUT2D eigenvalue weighted by Crippen LogP contribution is 2.16. The molecule has 0 unspecified atom stereocenters. The maximum absolute atomic E-state index is 5.78. The van der Waals surface area contributed by atoms with E-state index >= 15 is 0 Å². The fourth-order valence-corrected chi connectivity index (χ4v) is 2.28. The van der Waals surface area contributed by atoms with Crippen molar-refractivity contribution in [1.82, 2.24) is 10.2 Å². The summed E-state index contributed by atoms with van der Waals surface area (Å²) in [5.74, 6) is 3.38. The highest BCUT2D eigenvalue weighted by atomic mass is 127. The third kappa shape index (κ3) is 8.38. The van der Waals surface area contributed by atoms with E-state index in [0.717, 1.165) is 29.6 Å². The van der Waals surface area contributed by atoms with Gasteiger partial charge in [0.25, 0.3) is 0 Å². The van der Waals surface area contributed by atoms with Crippen LogP contribution in [0.25, 0.3) is 0 Å². The molecule has 0 bridgehead atoms. The summed E-state index contributed by atoms with van der Waals surface area (Å²) in [7, 11) is 3.63. The Bertz CT molecular complexity index is 672. The summed E-state index contributed by atoms with van der Waals surface area (Å²) in [5.41, 5.74) is 0. The Morgan fingerprint density at radius 3 is 2.63 bits per heavy atom. The van der Waals surface area contributed by atoms with Crippen LogP contribution in [0.1, 0.15) is 5.76 Å². The largest absolute Gasteiger partial charge is 0.497 e. The van der Waals surface area contributed by atoms with Crippen LogP contribution in [0.15, 0.2) is 64.7 Å². The van der Waals surface area contributed by atoms with Gasteiger partial charge in [-0.1, -0.05) is 6.08 Å². The van der Waals surface area contributed by atoms with Crippen LogP contribution in [0.3, 0.4) is 0 Å². The minimum atomic E-state index is 0. The summed E-state index contributed by atoms with van der Waals surface area (Å²) in [5, 5.41) is 3.27. The Morgan fingerprint density at radius 2 is 2.00 bits per heavy atom. The van der Waals surface area contributed by atoms with E-state index in [1.165, 1.54) is 0 Å². The number of benzene rings is 1. The van der Waals surface area contributed by atoms with E-state index in [0.29, 0.717) is 26.2 Å². The van der Waals surface area contributed by atoms with E-state index in [-0.39, 0.29) is 24.0 Å². The highest BCUT2D eigenvalue weighted by molar-refractivity contribution is 14.0. The second kappa shape index (κ2) is 13.1. The van der Waals surface area contributed by atoms with Gasteiger partial charge in [0.15, 0.2) is 5.96 Å². The summed E-state index contributed by atoms with van der Waals surface area (Å²) in [4.78, 5) is 6.67. The molecule has 0 spiro atoms. The number of likely N-dealkylation sites (N-methyl/N-ethyl adjacent to an activating group) is 1. The van der Waals surface area contributed by atoms with Gasteiger partial charge in [0, 0.05) is 26.6 Å². The summed E-state index contributed by atoms with van der Waals surface area (Å²) < 4.78 is 16.3. The predicted octanol–water partition coefficient (Wildman–Crippen LogP) is 3.59. The van der Waals surface area contributed by atoms with Gasteiger partial charge in [-0.3, -0.25) is 4.99 Å². The Kier molecular flexibility index (Phi) is 11.1. The maximum atomic E-state index is 5.78. The van der Waals surface area contributed by atoms with Gasteiger partial charge in [0.05, 0.1) is 19.9 Å². The smallest absolute Gasteiger partial charge is 0.194 e. The van der Waals surface area contributed by atoms with E-state index < -0.39 is 0 Å². The highest BCUT2D eigenvalue weighted by Gasteiger charge is 2.06. The lowest BCUT2D eigenvalue weighted by Crippen LogP contribution is -2.41. The first-order chi connectivity index (χ1) is 12.7. The number of hydrogen-bond donors (Lipinski definition) is 1. The zero-order valence-electron chi connectivity index (χ0n) is 15.9. The van der Waals surface area contributed by atoms with Gasteiger partial charge < -0.3 is 24.1 Å². The molecule has 148 valence electrons. The van der Waals surface area contributed by atoms with Gasteiger partial charge in [-0.05, 0) is 36.4 Å². The van der Waals surface area contributed by atoms with Crippen molar-refractivity contribution < 1.29 is 13.9 Å². The van der Waals surface area contributed by atoms with Crippen LogP contribution in [-0.2, 0) is 6.42 Å². The number of halogens is 1. The Hall–Kier alpha value is -2.16. The lowest BCUT2D eigenvalue weighted by molar-refractivity contribution is 0.281. The van der Waals surface area contributed by atoms with Crippen LogP contribution in [0.5, 0.6) is 11.5 Å². The Labute approximate surface area is 178 Å².